The van der Waals surface area contributed by atoms with Gasteiger partial charge in [-0.15, -0.1) is 0 Å². The summed E-state index contributed by atoms with van der Waals surface area (Å²) < 4.78 is 0. The quantitative estimate of drug-likeness (QED) is 0.695. The van der Waals surface area contributed by atoms with E-state index in [2.05, 4.69) is 10.6 Å². The first-order chi connectivity index (χ1) is 12.9. The second-order valence-corrected chi connectivity index (χ2v) is 7.94. The molecule has 1 aliphatic rings. The maximum absolute atomic E-state index is 12.1. The molecule has 5 nitrogen and oxygen atoms in total. The fraction of sp³-hybridized carbons (Fsp3) is 0.571. The van der Waals surface area contributed by atoms with Crippen molar-refractivity contribution in [3.8, 4) is 0 Å². The number of hydrogen-bond donors (Lipinski definition) is 2. The molecule has 6 heteroatoms. The van der Waals surface area contributed by atoms with Crippen molar-refractivity contribution in [3.05, 3.63) is 29.8 Å². The van der Waals surface area contributed by atoms with Crippen LogP contribution in [0.4, 0.5) is 5.69 Å². The number of amides is 2. The zero-order valence-corrected chi connectivity index (χ0v) is 17.2. The lowest BCUT2D eigenvalue weighted by molar-refractivity contribution is -0.128. The van der Waals surface area contributed by atoms with Crippen LogP contribution < -0.4 is 10.6 Å². The third-order valence-electron chi connectivity index (χ3n) is 5.10. The molecule has 0 aromatic heterocycles. The van der Waals surface area contributed by atoms with Crippen molar-refractivity contribution in [2.24, 2.45) is 5.92 Å². The summed E-state index contributed by atoms with van der Waals surface area (Å²) in [6.45, 7) is 0. The minimum Gasteiger partial charge on any atom is -0.349 e. The Morgan fingerprint density at radius 1 is 1.07 bits per heavy atom. The normalized spacial score (nSPS) is 14.4. The van der Waals surface area contributed by atoms with E-state index in [0.29, 0.717) is 30.3 Å². The van der Waals surface area contributed by atoms with Crippen molar-refractivity contribution >= 4 is 34.8 Å². The van der Waals surface area contributed by atoms with Gasteiger partial charge >= 0.3 is 0 Å². The van der Waals surface area contributed by atoms with Gasteiger partial charge < -0.3 is 15.5 Å². The Morgan fingerprint density at radius 3 is 2.37 bits per heavy atom. The first kappa shape index (κ1) is 21.4. The summed E-state index contributed by atoms with van der Waals surface area (Å²) in [5.74, 6) is 0.796. The van der Waals surface area contributed by atoms with Gasteiger partial charge in [-0.1, -0.05) is 44.2 Å². The van der Waals surface area contributed by atoms with E-state index in [1.165, 1.54) is 32.1 Å². The van der Waals surface area contributed by atoms with Crippen molar-refractivity contribution in [3.63, 3.8) is 0 Å². The predicted octanol–water partition coefficient (Wildman–Crippen LogP) is 3.88. The molecule has 1 fully saturated rings. The van der Waals surface area contributed by atoms with Gasteiger partial charge in [-0.2, -0.15) is 0 Å². The van der Waals surface area contributed by atoms with Crippen LogP contribution in [-0.4, -0.2) is 35.9 Å². The van der Waals surface area contributed by atoms with Crippen molar-refractivity contribution in [1.29, 1.82) is 0 Å². The van der Waals surface area contributed by atoms with Gasteiger partial charge in [0.05, 0.1) is 0 Å². The molecular formula is C21H31N3O2S. The van der Waals surface area contributed by atoms with Gasteiger partial charge in [0.1, 0.15) is 0 Å². The van der Waals surface area contributed by atoms with Crippen molar-refractivity contribution in [1.82, 2.24) is 10.2 Å². The molecule has 0 radical (unpaired) electrons. The van der Waals surface area contributed by atoms with Crippen LogP contribution in [0.3, 0.4) is 0 Å². The maximum Gasteiger partial charge on any atom is 0.226 e. The van der Waals surface area contributed by atoms with E-state index in [9.17, 15) is 9.59 Å². The lowest BCUT2D eigenvalue weighted by Gasteiger charge is -2.21. The second-order valence-electron chi connectivity index (χ2n) is 7.53. The van der Waals surface area contributed by atoms with Crippen molar-refractivity contribution < 1.29 is 9.59 Å². The first-order valence-electron chi connectivity index (χ1n) is 9.84. The van der Waals surface area contributed by atoms with Gasteiger partial charge in [0.2, 0.25) is 11.8 Å². The molecule has 1 aliphatic carbocycles. The van der Waals surface area contributed by atoms with E-state index in [1.54, 1.807) is 19.0 Å². The highest BCUT2D eigenvalue weighted by atomic mass is 32.1. The molecule has 0 saturated heterocycles. The van der Waals surface area contributed by atoms with Crippen LogP contribution in [0.25, 0.3) is 0 Å². The van der Waals surface area contributed by atoms with Gasteiger partial charge in [0.25, 0.3) is 0 Å². The summed E-state index contributed by atoms with van der Waals surface area (Å²) in [7, 11) is 3.53. The van der Waals surface area contributed by atoms with Gasteiger partial charge in [-0.05, 0) is 48.7 Å². The lowest BCUT2D eigenvalue weighted by atomic mass is 9.86. The number of carbonyl (C=O) groups excluding carboxylic acids is 2. The molecule has 0 spiro atoms. The Hall–Kier alpha value is -1.95. The van der Waals surface area contributed by atoms with Crippen LogP contribution in [0.2, 0.25) is 0 Å². The average Bonchev–Trinajstić information content (AvgIpc) is 2.66. The smallest absolute Gasteiger partial charge is 0.226 e. The lowest BCUT2D eigenvalue weighted by Crippen LogP contribution is -2.34. The summed E-state index contributed by atoms with van der Waals surface area (Å²) in [5.41, 5.74) is 1.92. The Bertz CT molecular complexity index is 637. The van der Waals surface area contributed by atoms with E-state index in [-0.39, 0.29) is 11.8 Å². The van der Waals surface area contributed by atoms with Crippen molar-refractivity contribution in [2.45, 2.75) is 57.8 Å². The number of nitrogens with one attached hydrogen (secondary N) is 2. The number of benzene rings is 1. The van der Waals surface area contributed by atoms with Crippen LogP contribution >= 0.6 is 12.2 Å². The number of thiocarbonyl (C=S) groups is 1. The Balaban J connectivity index is 1.69. The SMILES string of the molecule is CN(C)C(=O)CCc1ccc(NC(=S)NC(=O)CCC2CCCCC2)cc1. The number of rotatable bonds is 7. The monoisotopic (exact) mass is 389 g/mol. The zero-order valence-electron chi connectivity index (χ0n) is 16.4. The largest absolute Gasteiger partial charge is 0.349 e. The van der Waals surface area contributed by atoms with Gasteiger partial charge in [-0.25, -0.2) is 0 Å². The number of nitrogens with zero attached hydrogens (tertiary/aromatic N) is 1. The number of aryl methyl sites for hydroxylation is 1. The molecule has 2 N–H and O–H groups in total. The Labute approximate surface area is 167 Å². The molecule has 2 amide bonds. The number of carbonyl (C=O) groups is 2. The molecule has 1 aromatic carbocycles. The molecular weight excluding hydrogens is 358 g/mol. The van der Waals surface area contributed by atoms with Crippen LogP contribution in [0.5, 0.6) is 0 Å². The molecule has 0 aliphatic heterocycles. The van der Waals surface area contributed by atoms with Crippen LogP contribution in [0.15, 0.2) is 24.3 Å². The molecule has 0 unspecified atom stereocenters. The highest BCUT2D eigenvalue weighted by Crippen LogP contribution is 2.27. The van der Waals surface area contributed by atoms with E-state index in [1.807, 2.05) is 24.3 Å². The van der Waals surface area contributed by atoms with E-state index < -0.39 is 0 Å². The van der Waals surface area contributed by atoms with E-state index in [0.717, 1.165) is 17.7 Å². The summed E-state index contributed by atoms with van der Waals surface area (Å²) in [4.78, 5) is 25.3. The molecule has 1 saturated carbocycles. The minimum absolute atomic E-state index is 0.0168. The minimum atomic E-state index is -0.0168. The van der Waals surface area contributed by atoms with E-state index >= 15 is 0 Å². The summed E-state index contributed by atoms with van der Waals surface area (Å²) >= 11 is 5.24. The molecule has 27 heavy (non-hydrogen) atoms. The third-order valence-corrected chi connectivity index (χ3v) is 5.30. The fourth-order valence-electron chi connectivity index (χ4n) is 3.39. The highest BCUT2D eigenvalue weighted by molar-refractivity contribution is 7.80. The molecule has 0 heterocycles. The standard InChI is InChI=1S/C21H31N3O2S/c1-24(2)20(26)15-11-17-8-12-18(13-9-17)22-21(27)23-19(25)14-10-16-6-4-3-5-7-16/h8-9,12-13,16H,3-7,10-11,14-15H2,1-2H3,(H2,22,23,25,27). The predicted molar refractivity (Wildman–Crippen MR) is 114 cm³/mol. The second kappa shape index (κ2) is 11.0. The zero-order chi connectivity index (χ0) is 19.6. The first-order valence-corrected chi connectivity index (χ1v) is 10.2. The summed E-state index contributed by atoms with van der Waals surface area (Å²) in [6.07, 6.45) is 9.12. The number of anilines is 1. The van der Waals surface area contributed by atoms with E-state index in [4.69, 9.17) is 12.2 Å². The van der Waals surface area contributed by atoms with Crippen molar-refractivity contribution in [2.75, 3.05) is 19.4 Å². The summed E-state index contributed by atoms with van der Waals surface area (Å²) in [5, 5.41) is 6.14. The van der Waals surface area contributed by atoms with Gasteiger partial charge in [0.15, 0.2) is 5.11 Å². The maximum atomic E-state index is 12.1. The highest BCUT2D eigenvalue weighted by Gasteiger charge is 2.15. The Morgan fingerprint density at radius 2 is 1.74 bits per heavy atom. The third kappa shape index (κ3) is 8.08. The molecule has 0 atom stereocenters. The Kier molecular flexibility index (Phi) is 8.72. The van der Waals surface area contributed by atoms with Crippen LogP contribution in [-0.2, 0) is 16.0 Å². The fourth-order valence-corrected chi connectivity index (χ4v) is 3.62. The average molecular weight is 390 g/mol. The number of hydrogen-bond acceptors (Lipinski definition) is 3. The molecule has 1 aromatic rings. The topological polar surface area (TPSA) is 61.4 Å². The molecule has 148 valence electrons. The summed E-state index contributed by atoms with van der Waals surface area (Å²) in [6, 6.07) is 7.77. The van der Waals surface area contributed by atoms with Gasteiger partial charge in [-0.3, -0.25) is 9.59 Å². The van der Waals surface area contributed by atoms with Gasteiger partial charge in [0, 0.05) is 32.6 Å². The molecule has 2 rings (SSSR count). The van der Waals surface area contributed by atoms with Crippen LogP contribution in [0, 0.1) is 5.92 Å². The molecule has 0 bridgehead atoms. The van der Waals surface area contributed by atoms with Crippen LogP contribution in [0.1, 0.15) is 56.9 Å².